The molecule has 1 N–H and O–H groups in total. The van der Waals surface area contributed by atoms with Gasteiger partial charge in [0.2, 0.25) is 0 Å². The molecule has 0 bridgehead atoms. The highest BCUT2D eigenvalue weighted by Crippen LogP contribution is 2.21. The number of hydrogen-bond donors (Lipinski definition) is 1. The lowest BCUT2D eigenvalue weighted by Gasteiger charge is -2.32. The largest absolute Gasteiger partial charge is 0.366 e. The second kappa shape index (κ2) is 6.74. The Hall–Kier alpha value is -2.48. The molecule has 0 radical (unpaired) electrons. The molecule has 1 saturated heterocycles. The number of ether oxygens (including phenoxy) is 1. The lowest BCUT2D eigenvalue weighted by Crippen LogP contribution is -2.45. The van der Waals surface area contributed by atoms with Crippen LogP contribution >= 0.6 is 0 Å². The zero-order valence-electron chi connectivity index (χ0n) is 13.3. The number of hydrogen-bond acceptors (Lipinski definition) is 5. The summed E-state index contributed by atoms with van der Waals surface area (Å²) in [6.07, 6.45) is 3.09. The van der Waals surface area contributed by atoms with E-state index >= 15 is 0 Å². The van der Waals surface area contributed by atoms with Crippen molar-refractivity contribution >= 4 is 11.8 Å². The first-order valence-corrected chi connectivity index (χ1v) is 7.65. The first kappa shape index (κ1) is 15.4. The van der Waals surface area contributed by atoms with Crippen LogP contribution in [-0.2, 0) is 11.3 Å². The number of carbonyl (C=O) groups excluding carboxylic acids is 1. The maximum Gasteiger partial charge on any atom is 0.323 e. The molecule has 2 aromatic rings. The summed E-state index contributed by atoms with van der Waals surface area (Å²) < 4.78 is 7.68. The van der Waals surface area contributed by atoms with Crippen molar-refractivity contribution in [1.82, 2.24) is 24.6 Å². The second-order valence-corrected chi connectivity index (χ2v) is 5.43. The van der Waals surface area contributed by atoms with Gasteiger partial charge in [0.1, 0.15) is 18.2 Å². The molecular weight excluding hydrogens is 296 g/mol. The van der Waals surface area contributed by atoms with Gasteiger partial charge in [-0.15, -0.1) is 10.2 Å². The first-order valence-electron chi connectivity index (χ1n) is 7.65. The third-order valence-electron chi connectivity index (χ3n) is 3.78. The van der Waals surface area contributed by atoms with Crippen LogP contribution in [0.25, 0.3) is 0 Å². The van der Waals surface area contributed by atoms with E-state index in [9.17, 15) is 4.79 Å². The first-order chi connectivity index (χ1) is 11.2. The fraction of sp³-hybridized carbons (Fsp3) is 0.467. The van der Waals surface area contributed by atoms with E-state index in [2.05, 4.69) is 20.5 Å². The zero-order valence-corrected chi connectivity index (χ0v) is 13.3. The Balaban J connectivity index is 1.67. The molecule has 0 unspecified atom stereocenters. The van der Waals surface area contributed by atoms with Crippen molar-refractivity contribution in [2.75, 3.05) is 25.0 Å². The smallest absolute Gasteiger partial charge is 0.323 e. The molecule has 8 nitrogen and oxygen atoms in total. The maximum atomic E-state index is 12.4. The molecule has 2 aromatic heterocycles. The molecule has 0 aliphatic carbocycles. The van der Waals surface area contributed by atoms with Crippen LogP contribution in [0.5, 0.6) is 0 Å². The summed E-state index contributed by atoms with van der Waals surface area (Å²) in [7, 11) is 0. The molecule has 0 saturated carbocycles. The highest BCUT2D eigenvalue weighted by Gasteiger charge is 2.28. The van der Waals surface area contributed by atoms with Crippen LogP contribution in [0, 0.1) is 6.92 Å². The number of amides is 2. The molecule has 122 valence electrons. The summed E-state index contributed by atoms with van der Waals surface area (Å²) in [5.41, 5.74) is 1.05. The average molecular weight is 316 g/mol. The average Bonchev–Trinajstić information content (AvgIpc) is 3.03. The third-order valence-corrected chi connectivity index (χ3v) is 3.78. The van der Waals surface area contributed by atoms with E-state index < -0.39 is 0 Å². The molecule has 2 amide bonds. The fourth-order valence-corrected chi connectivity index (χ4v) is 2.54. The molecule has 1 fully saturated rings. The predicted octanol–water partition coefficient (Wildman–Crippen LogP) is 1.61. The van der Waals surface area contributed by atoms with Gasteiger partial charge in [0, 0.05) is 19.3 Å². The maximum absolute atomic E-state index is 12.4. The minimum Gasteiger partial charge on any atom is -0.366 e. The van der Waals surface area contributed by atoms with Gasteiger partial charge in [-0.1, -0.05) is 0 Å². The highest BCUT2D eigenvalue weighted by atomic mass is 16.5. The molecule has 3 heterocycles. The van der Waals surface area contributed by atoms with Gasteiger partial charge in [-0.25, -0.2) is 9.78 Å². The van der Waals surface area contributed by atoms with Gasteiger partial charge in [0.05, 0.1) is 13.2 Å². The zero-order chi connectivity index (χ0) is 16.2. The fourth-order valence-electron chi connectivity index (χ4n) is 2.54. The number of carbonyl (C=O) groups is 1. The van der Waals surface area contributed by atoms with E-state index in [1.807, 2.05) is 30.5 Å². The third kappa shape index (κ3) is 3.48. The van der Waals surface area contributed by atoms with Crippen molar-refractivity contribution < 1.29 is 9.53 Å². The van der Waals surface area contributed by atoms with Gasteiger partial charge in [0.25, 0.3) is 0 Å². The standard InChI is InChI=1S/C15H20N6O2/c1-3-20-10-17-19-14(20)12-9-21(6-7-23-12)15(22)18-13-8-11(2)4-5-16-13/h4-5,8,10,12H,3,6-7,9H2,1-2H3,(H,16,18,22)/t12-/m0/s1. The summed E-state index contributed by atoms with van der Waals surface area (Å²) in [6, 6.07) is 3.54. The number of nitrogens with zero attached hydrogens (tertiary/aromatic N) is 5. The number of pyridine rings is 1. The molecule has 1 aliphatic rings. The number of aryl methyl sites for hydroxylation is 2. The van der Waals surface area contributed by atoms with E-state index in [0.717, 1.165) is 17.9 Å². The molecule has 23 heavy (non-hydrogen) atoms. The Kier molecular flexibility index (Phi) is 4.52. The van der Waals surface area contributed by atoms with Crippen LogP contribution < -0.4 is 5.32 Å². The summed E-state index contributed by atoms with van der Waals surface area (Å²) in [6.45, 7) is 6.19. The minimum atomic E-state index is -0.262. The summed E-state index contributed by atoms with van der Waals surface area (Å²) >= 11 is 0. The van der Waals surface area contributed by atoms with E-state index in [4.69, 9.17) is 4.74 Å². The van der Waals surface area contributed by atoms with Gasteiger partial charge < -0.3 is 14.2 Å². The van der Waals surface area contributed by atoms with Crippen molar-refractivity contribution in [3.8, 4) is 0 Å². The van der Waals surface area contributed by atoms with Gasteiger partial charge in [-0.05, 0) is 31.5 Å². The normalized spacial score (nSPS) is 18.0. The van der Waals surface area contributed by atoms with Crippen molar-refractivity contribution in [3.05, 3.63) is 36.0 Å². The van der Waals surface area contributed by atoms with Crippen molar-refractivity contribution in [1.29, 1.82) is 0 Å². The predicted molar refractivity (Wildman–Crippen MR) is 84.0 cm³/mol. The molecule has 8 heteroatoms. The van der Waals surface area contributed by atoms with Crippen molar-refractivity contribution in [2.45, 2.75) is 26.5 Å². The lowest BCUT2D eigenvalue weighted by atomic mass is 10.2. The van der Waals surface area contributed by atoms with Crippen LogP contribution in [-0.4, -0.2) is 50.4 Å². The van der Waals surface area contributed by atoms with Gasteiger partial charge in [-0.3, -0.25) is 5.32 Å². The van der Waals surface area contributed by atoms with E-state index in [1.54, 1.807) is 17.4 Å². The Morgan fingerprint density at radius 3 is 3.17 bits per heavy atom. The van der Waals surface area contributed by atoms with Gasteiger partial charge >= 0.3 is 6.03 Å². The second-order valence-electron chi connectivity index (χ2n) is 5.43. The number of morpholine rings is 1. The molecule has 1 atom stereocenters. The molecule has 3 rings (SSSR count). The molecule has 0 spiro atoms. The number of nitrogens with one attached hydrogen (secondary N) is 1. The van der Waals surface area contributed by atoms with Crippen LogP contribution in [0.2, 0.25) is 0 Å². The number of urea groups is 1. The number of rotatable bonds is 3. The number of aromatic nitrogens is 4. The SMILES string of the molecule is CCn1cnnc1[C@@H]1CN(C(=O)Nc2cc(C)ccn2)CCO1. The Morgan fingerprint density at radius 2 is 2.39 bits per heavy atom. The van der Waals surface area contributed by atoms with Crippen molar-refractivity contribution in [3.63, 3.8) is 0 Å². The van der Waals surface area contributed by atoms with Crippen LogP contribution in [0.15, 0.2) is 24.7 Å². The van der Waals surface area contributed by atoms with Crippen LogP contribution in [0.4, 0.5) is 10.6 Å². The Bertz CT molecular complexity index is 686. The quantitative estimate of drug-likeness (QED) is 0.930. The van der Waals surface area contributed by atoms with Crippen LogP contribution in [0.3, 0.4) is 0 Å². The number of anilines is 1. The molecular formula is C15H20N6O2. The Labute approximate surface area is 134 Å². The molecule has 0 aromatic carbocycles. The topological polar surface area (TPSA) is 85.2 Å². The monoisotopic (exact) mass is 316 g/mol. The lowest BCUT2D eigenvalue weighted by molar-refractivity contribution is -0.0199. The summed E-state index contributed by atoms with van der Waals surface area (Å²) in [5, 5.41) is 10.9. The van der Waals surface area contributed by atoms with Gasteiger partial charge in [0.15, 0.2) is 5.82 Å². The van der Waals surface area contributed by atoms with Gasteiger partial charge in [-0.2, -0.15) is 0 Å². The van der Waals surface area contributed by atoms with E-state index in [-0.39, 0.29) is 12.1 Å². The van der Waals surface area contributed by atoms with E-state index in [0.29, 0.717) is 25.5 Å². The summed E-state index contributed by atoms with van der Waals surface area (Å²) in [5.74, 6) is 1.30. The van der Waals surface area contributed by atoms with Crippen LogP contribution in [0.1, 0.15) is 24.4 Å². The summed E-state index contributed by atoms with van der Waals surface area (Å²) in [4.78, 5) is 18.3. The molecule has 1 aliphatic heterocycles. The van der Waals surface area contributed by atoms with Crippen molar-refractivity contribution in [2.24, 2.45) is 0 Å². The minimum absolute atomic E-state index is 0.182. The van der Waals surface area contributed by atoms with E-state index in [1.165, 1.54) is 0 Å². The Morgan fingerprint density at radius 1 is 1.52 bits per heavy atom. The highest BCUT2D eigenvalue weighted by molar-refractivity contribution is 5.88.